The summed E-state index contributed by atoms with van der Waals surface area (Å²) in [7, 11) is -2.80. The Balaban J connectivity index is 1.72. The first-order chi connectivity index (χ1) is 8.75. The van der Waals surface area contributed by atoms with Crippen LogP contribution in [0.1, 0.15) is 52.9 Å². The zero-order valence-corrected chi connectivity index (χ0v) is 13.2. The average molecular weight is 285 g/mol. The lowest BCUT2D eigenvalue weighted by atomic mass is 9.69. The fraction of sp³-hybridized carbons (Fsp3) is 1.00. The Morgan fingerprint density at radius 2 is 1.89 bits per heavy atom. The van der Waals surface area contributed by atoms with Crippen LogP contribution in [-0.2, 0) is 9.84 Å². The van der Waals surface area contributed by atoms with Crippen molar-refractivity contribution in [3.05, 3.63) is 0 Å². The van der Waals surface area contributed by atoms with Crippen molar-refractivity contribution in [2.45, 2.75) is 65.0 Å². The van der Waals surface area contributed by atoms with Gasteiger partial charge < -0.3 is 5.32 Å². The SMILES string of the molecule is CC1(C)C2CCC1(C)C(NC1CCCS(=O)(=O)C1)C2. The minimum atomic E-state index is -2.80. The van der Waals surface area contributed by atoms with Crippen LogP contribution < -0.4 is 5.32 Å². The highest BCUT2D eigenvalue weighted by Crippen LogP contribution is 2.65. The van der Waals surface area contributed by atoms with Gasteiger partial charge in [0.25, 0.3) is 0 Å². The quantitative estimate of drug-likeness (QED) is 0.847. The van der Waals surface area contributed by atoms with Gasteiger partial charge in [-0.2, -0.15) is 0 Å². The van der Waals surface area contributed by atoms with Crippen LogP contribution in [0.15, 0.2) is 0 Å². The van der Waals surface area contributed by atoms with E-state index < -0.39 is 9.84 Å². The fourth-order valence-corrected chi connectivity index (χ4v) is 6.54. The number of hydrogen-bond donors (Lipinski definition) is 1. The lowest BCUT2D eigenvalue weighted by Crippen LogP contribution is -2.51. The molecule has 1 saturated heterocycles. The first kappa shape index (κ1) is 13.9. The van der Waals surface area contributed by atoms with Crippen molar-refractivity contribution >= 4 is 9.84 Å². The van der Waals surface area contributed by atoms with Crippen molar-refractivity contribution < 1.29 is 8.42 Å². The number of nitrogens with one attached hydrogen (secondary N) is 1. The molecule has 4 heteroatoms. The maximum absolute atomic E-state index is 11.8. The van der Waals surface area contributed by atoms with Crippen molar-refractivity contribution in [3.8, 4) is 0 Å². The normalized spacial score (nSPS) is 47.4. The molecule has 1 aliphatic heterocycles. The second kappa shape index (κ2) is 4.20. The van der Waals surface area contributed by atoms with E-state index in [9.17, 15) is 8.42 Å². The summed E-state index contributed by atoms with van der Waals surface area (Å²) in [6, 6.07) is 0.704. The molecule has 3 rings (SSSR count). The van der Waals surface area contributed by atoms with Crippen LogP contribution in [0.3, 0.4) is 0 Å². The first-order valence-electron chi connectivity index (χ1n) is 7.71. The summed E-state index contributed by atoms with van der Waals surface area (Å²) in [4.78, 5) is 0. The van der Waals surface area contributed by atoms with E-state index in [1.165, 1.54) is 19.3 Å². The zero-order valence-electron chi connectivity index (χ0n) is 12.4. The maximum atomic E-state index is 11.8. The molecule has 3 nitrogen and oxygen atoms in total. The van der Waals surface area contributed by atoms with Crippen molar-refractivity contribution in [1.82, 2.24) is 5.32 Å². The molecule has 1 heterocycles. The highest BCUT2D eigenvalue weighted by molar-refractivity contribution is 7.91. The molecule has 2 bridgehead atoms. The molecule has 0 aromatic carbocycles. The summed E-state index contributed by atoms with van der Waals surface area (Å²) in [5.74, 6) is 1.56. The fourth-order valence-electron chi connectivity index (χ4n) is 4.89. The molecule has 4 atom stereocenters. The van der Waals surface area contributed by atoms with Crippen molar-refractivity contribution in [2.24, 2.45) is 16.7 Å². The van der Waals surface area contributed by atoms with Crippen molar-refractivity contribution in [2.75, 3.05) is 11.5 Å². The van der Waals surface area contributed by atoms with Crippen LogP contribution in [0.5, 0.6) is 0 Å². The predicted molar refractivity (Wildman–Crippen MR) is 77.8 cm³/mol. The Morgan fingerprint density at radius 3 is 2.42 bits per heavy atom. The van der Waals surface area contributed by atoms with Crippen LogP contribution in [0.2, 0.25) is 0 Å². The molecule has 0 aromatic rings. The molecule has 0 radical (unpaired) electrons. The van der Waals surface area contributed by atoms with E-state index in [4.69, 9.17) is 0 Å². The van der Waals surface area contributed by atoms with E-state index in [0.717, 1.165) is 18.8 Å². The molecule has 110 valence electrons. The third-order valence-corrected chi connectivity index (χ3v) is 8.51. The summed E-state index contributed by atoms with van der Waals surface area (Å²) in [6.45, 7) is 7.23. The Bertz CT molecular complexity index is 471. The molecule has 2 aliphatic carbocycles. The van der Waals surface area contributed by atoms with Gasteiger partial charge in [-0.3, -0.25) is 0 Å². The molecule has 4 unspecified atom stereocenters. The maximum Gasteiger partial charge on any atom is 0.151 e. The van der Waals surface area contributed by atoms with E-state index in [-0.39, 0.29) is 6.04 Å². The van der Waals surface area contributed by atoms with Crippen LogP contribution in [-0.4, -0.2) is 32.0 Å². The highest BCUT2D eigenvalue weighted by atomic mass is 32.2. The number of fused-ring (bicyclic) bond motifs is 2. The largest absolute Gasteiger partial charge is 0.310 e. The summed E-state index contributed by atoms with van der Waals surface area (Å²) < 4.78 is 23.5. The lowest BCUT2D eigenvalue weighted by Gasteiger charge is -2.41. The molecular formula is C15H27NO2S. The lowest BCUT2D eigenvalue weighted by molar-refractivity contribution is 0.115. The van der Waals surface area contributed by atoms with Crippen LogP contribution >= 0.6 is 0 Å². The second-order valence-corrected chi connectivity index (χ2v) is 10.0. The van der Waals surface area contributed by atoms with Gasteiger partial charge in [0.15, 0.2) is 9.84 Å². The average Bonchev–Trinajstić information content (AvgIpc) is 2.60. The number of rotatable bonds is 2. The Morgan fingerprint density at radius 1 is 1.16 bits per heavy atom. The minimum absolute atomic E-state index is 0.190. The second-order valence-electron chi connectivity index (χ2n) is 7.78. The van der Waals surface area contributed by atoms with E-state index in [1.807, 2.05) is 0 Å². The standard InChI is InChI=1S/C15H27NO2S/c1-14(2)11-6-7-15(14,3)13(9-11)16-12-5-4-8-19(17,18)10-12/h11-13,16H,4-10H2,1-3H3. The molecule has 19 heavy (non-hydrogen) atoms. The summed E-state index contributed by atoms with van der Waals surface area (Å²) >= 11 is 0. The smallest absolute Gasteiger partial charge is 0.151 e. The van der Waals surface area contributed by atoms with Gasteiger partial charge in [-0.15, -0.1) is 0 Å². The zero-order chi connectivity index (χ0) is 13.9. The van der Waals surface area contributed by atoms with Crippen molar-refractivity contribution in [1.29, 1.82) is 0 Å². The minimum Gasteiger partial charge on any atom is -0.310 e. The van der Waals surface area contributed by atoms with E-state index in [1.54, 1.807) is 0 Å². The van der Waals surface area contributed by atoms with Gasteiger partial charge in [0, 0.05) is 12.1 Å². The Kier molecular flexibility index (Phi) is 3.07. The third kappa shape index (κ3) is 2.06. The molecule has 3 fully saturated rings. The van der Waals surface area contributed by atoms with E-state index in [2.05, 4.69) is 26.1 Å². The van der Waals surface area contributed by atoms with E-state index >= 15 is 0 Å². The molecule has 2 saturated carbocycles. The van der Waals surface area contributed by atoms with Gasteiger partial charge >= 0.3 is 0 Å². The molecule has 1 N–H and O–H groups in total. The molecule has 0 aromatic heterocycles. The Hall–Kier alpha value is -0.0900. The summed E-state index contributed by atoms with van der Waals surface area (Å²) in [5, 5.41) is 3.72. The predicted octanol–water partition coefficient (Wildman–Crippen LogP) is 2.37. The number of sulfone groups is 1. The molecular weight excluding hydrogens is 258 g/mol. The van der Waals surface area contributed by atoms with Crippen LogP contribution in [0.4, 0.5) is 0 Å². The molecule has 0 amide bonds. The molecule has 0 spiro atoms. The van der Waals surface area contributed by atoms with Gasteiger partial charge in [0.1, 0.15) is 0 Å². The first-order valence-corrected chi connectivity index (χ1v) is 9.53. The monoisotopic (exact) mass is 285 g/mol. The van der Waals surface area contributed by atoms with E-state index in [0.29, 0.717) is 28.4 Å². The van der Waals surface area contributed by atoms with Gasteiger partial charge in [-0.25, -0.2) is 8.42 Å². The van der Waals surface area contributed by atoms with Gasteiger partial charge in [0.05, 0.1) is 11.5 Å². The van der Waals surface area contributed by atoms with Crippen LogP contribution in [0.25, 0.3) is 0 Å². The van der Waals surface area contributed by atoms with Gasteiger partial charge in [-0.1, -0.05) is 20.8 Å². The van der Waals surface area contributed by atoms with Crippen molar-refractivity contribution in [3.63, 3.8) is 0 Å². The Labute approximate surface area is 117 Å². The topological polar surface area (TPSA) is 46.2 Å². The summed E-state index contributed by atoms with van der Waals surface area (Å²) in [6.07, 6.45) is 5.74. The van der Waals surface area contributed by atoms with Gasteiger partial charge in [-0.05, 0) is 48.9 Å². The van der Waals surface area contributed by atoms with Crippen LogP contribution in [0, 0.1) is 16.7 Å². The van der Waals surface area contributed by atoms with Gasteiger partial charge in [0.2, 0.25) is 0 Å². The number of hydrogen-bond acceptors (Lipinski definition) is 3. The summed E-state index contributed by atoms with van der Waals surface area (Å²) in [5.41, 5.74) is 0.747. The molecule has 3 aliphatic rings. The third-order valence-electron chi connectivity index (χ3n) is 6.69. The highest BCUT2D eigenvalue weighted by Gasteiger charge is 2.61.